The Bertz CT molecular complexity index is 816. The van der Waals surface area contributed by atoms with Crippen LogP contribution in [0, 0.1) is 0 Å². The van der Waals surface area contributed by atoms with E-state index in [0.717, 1.165) is 5.56 Å². The van der Waals surface area contributed by atoms with Gasteiger partial charge >= 0.3 is 0 Å². The van der Waals surface area contributed by atoms with Crippen LogP contribution in [0.3, 0.4) is 0 Å². The average molecular weight is 239 g/mol. The first-order valence-electron chi connectivity index (χ1n) is 5.46. The molecule has 0 aliphatic carbocycles. The van der Waals surface area contributed by atoms with Crippen molar-refractivity contribution < 1.29 is 4.42 Å². The molecule has 4 heteroatoms. The van der Waals surface area contributed by atoms with E-state index in [1.165, 1.54) is 18.3 Å². The number of aromatic nitrogens is 1. The van der Waals surface area contributed by atoms with Crippen LogP contribution in [0.4, 0.5) is 0 Å². The van der Waals surface area contributed by atoms with Crippen molar-refractivity contribution in [3.05, 3.63) is 69.2 Å². The lowest BCUT2D eigenvalue weighted by atomic mass is 10.1. The fraction of sp³-hybridized carbons (Fsp3) is 0. The summed E-state index contributed by atoms with van der Waals surface area (Å²) in [5, 5.41) is 0.290. The zero-order chi connectivity index (χ0) is 12.5. The number of aromatic amines is 1. The largest absolute Gasteiger partial charge is 0.454 e. The second-order valence-corrected chi connectivity index (χ2v) is 3.92. The molecule has 0 aliphatic rings. The third-order valence-electron chi connectivity index (χ3n) is 2.69. The molecule has 0 saturated heterocycles. The molecule has 3 aromatic rings. The molecule has 2 heterocycles. The van der Waals surface area contributed by atoms with E-state index in [0.29, 0.717) is 16.7 Å². The first kappa shape index (κ1) is 10.5. The Kier molecular flexibility index (Phi) is 2.34. The lowest BCUT2D eigenvalue weighted by Crippen LogP contribution is -2.08. The summed E-state index contributed by atoms with van der Waals surface area (Å²) in [6, 6.07) is 12.0. The minimum Gasteiger partial charge on any atom is -0.454 e. The van der Waals surface area contributed by atoms with Crippen molar-refractivity contribution in [2.45, 2.75) is 0 Å². The summed E-state index contributed by atoms with van der Waals surface area (Å²) in [5.41, 5.74) is 0.659. The second-order valence-electron chi connectivity index (χ2n) is 3.92. The maximum absolute atomic E-state index is 11.9. The Labute approximate surface area is 102 Å². The molecule has 4 nitrogen and oxygen atoms in total. The summed E-state index contributed by atoms with van der Waals surface area (Å²) >= 11 is 0. The van der Waals surface area contributed by atoms with Crippen LogP contribution in [0.5, 0.6) is 0 Å². The van der Waals surface area contributed by atoms with Crippen molar-refractivity contribution in [2.24, 2.45) is 0 Å². The fourth-order valence-corrected chi connectivity index (χ4v) is 1.82. The van der Waals surface area contributed by atoms with E-state index in [-0.39, 0.29) is 11.0 Å². The van der Waals surface area contributed by atoms with E-state index in [1.54, 1.807) is 0 Å². The van der Waals surface area contributed by atoms with Gasteiger partial charge in [0, 0.05) is 23.9 Å². The summed E-state index contributed by atoms with van der Waals surface area (Å²) in [6.45, 7) is 0. The molecule has 0 radical (unpaired) electrons. The molecule has 0 saturated carbocycles. The van der Waals surface area contributed by atoms with Gasteiger partial charge in [0.2, 0.25) is 5.56 Å². The maximum atomic E-state index is 11.9. The lowest BCUT2D eigenvalue weighted by Gasteiger charge is -2.02. The monoisotopic (exact) mass is 239 g/mol. The van der Waals surface area contributed by atoms with Gasteiger partial charge in [-0.2, -0.15) is 0 Å². The molecule has 0 aliphatic heterocycles. The van der Waals surface area contributed by atoms with Gasteiger partial charge in [0.15, 0.2) is 11.0 Å². The molecule has 3 rings (SSSR count). The molecule has 18 heavy (non-hydrogen) atoms. The average Bonchev–Trinajstić information content (AvgIpc) is 2.40. The van der Waals surface area contributed by atoms with Gasteiger partial charge in [-0.15, -0.1) is 0 Å². The summed E-state index contributed by atoms with van der Waals surface area (Å²) < 4.78 is 5.61. The van der Waals surface area contributed by atoms with Crippen LogP contribution in [-0.4, -0.2) is 4.98 Å². The van der Waals surface area contributed by atoms with Crippen LogP contribution in [0.25, 0.3) is 22.3 Å². The van der Waals surface area contributed by atoms with Crippen LogP contribution in [0.2, 0.25) is 0 Å². The highest BCUT2D eigenvalue weighted by Crippen LogP contribution is 2.20. The van der Waals surface area contributed by atoms with Gasteiger partial charge in [0.25, 0.3) is 0 Å². The highest BCUT2D eigenvalue weighted by molar-refractivity contribution is 5.77. The molecule has 0 bridgehead atoms. The molecule has 88 valence electrons. The molecule has 0 atom stereocenters. The number of fused-ring (bicyclic) bond motifs is 1. The van der Waals surface area contributed by atoms with Crippen molar-refractivity contribution in [1.82, 2.24) is 4.98 Å². The lowest BCUT2D eigenvalue weighted by molar-refractivity contribution is 0.617. The maximum Gasteiger partial charge on any atom is 0.248 e. The Hall–Kier alpha value is -2.62. The zero-order valence-corrected chi connectivity index (χ0v) is 9.34. The third kappa shape index (κ3) is 1.73. The van der Waals surface area contributed by atoms with Crippen LogP contribution >= 0.6 is 0 Å². The fourth-order valence-electron chi connectivity index (χ4n) is 1.82. The number of hydrogen-bond donors (Lipinski definition) is 1. The van der Waals surface area contributed by atoms with Crippen molar-refractivity contribution in [3.63, 3.8) is 0 Å². The Morgan fingerprint density at radius 2 is 1.78 bits per heavy atom. The predicted molar refractivity (Wildman–Crippen MR) is 68.5 cm³/mol. The van der Waals surface area contributed by atoms with Gasteiger partial charge in [-0.1, -0.05) is 30.3 Å². The minimum absolute atomic E-state index is 0.221. The molecule has 1 aromatic carbocycles. The second kappa shape index (κ2) is 4.00. The number of H-pyrrole nitrogens is 1. The highest BCUT2D eigenvalue weighted by atomic mass is 16.3. The Morgan fingerprint density at radius 3 is 2.56 bits per heavy atom. The van der Waals surface area contributed by atoms with E-state index in [4.69, 9.17) is 4.42 Å². The quantitative estimate of drug-likeness (QED) is 0.707. The molecule has 0 fully saturated rings. The van der Waals surface area contributed by atoms with Gasteiger partial charge in [-0.3, -0.25) is 9.59 Å². The van der Waals surface area contributed by atoms with E-state index >= 15 is 0 Å². The van der Waals surface area contributed by atoms with E-state index < -0.39 is 0 Å². The van der Waals surface area contributed by atoms with E-state index in [2.05, 4.69) is 4.98 Å². The number of pyridine rings is 1. The normalized spacial score (nSPS) is 10.7. The van der Waals surface area contributed by atoms with Crippen LogP contribution in [0.15, 0.2) is 62.7 Å². The van der Waals surface area contributed by atoms with Crippen molar-refractivity contribution in [3.8, 4) is 11.3 Å². The minimum atomic E-state index is -0.317. The number of nitrogens with one attached hydrogen (secondary N) is 1. The molecular formula is C14H9NO3. The number of rotatable bonds is 1. The number of benzene rings is 1. The van der Waals surface area contributed by atoms with E-state index in [9.17, 15) is 9.59 Å². The summed E-state index contributed by atoms with van der Waals surface area (Å²) in [6.07, 6.45) is 1.41. The van der Waals surface area contributed by atoms with E-state index in [1.807, 2.05) is 30.3 Å². The molecule has 0 amide bonds. The molecular weight excluding hydrogens is 230 g/mol. The van der Waals surface area contributed by atoms with Crippen molar-refractivity contribution >= 4 is 11.0 Å². The van der Waals surface area contributed by atoms with Crippen molar-refractivity contribution in [2.75, 3.05) is 0 Å². The summed E-state index contributed by atoms with van der Waals surface area (Å²) in [4.78, 5) is 25.6. The van der Waals surface area contributed by atoms with Gasteiger partial charge in [-0.25, -0.2) is 0 Å². The van der Waals surface area contributed by atoms with Gasteiger partial charge in [-0.05, 0) is 0 Å². The summed E-state index contributed by atoms with van der Waals surface area (Å²) in [7, 11) is 0. The first-order valence-corrected chi connectivity index (χ1v) is 5.46. The van der Waals surface area contributed by atoms with Crippen LogP contribution < -0.4 is 11.0 Å². The van der Waals surface area contributed by atoms with Crippen LogP contribution in [-0.2, 0) is 0 Å². The first-order chi connectivity index (χ1) is 8.74. The van der Waals surface area contributed by atoms with Crippen LogP contribution in [0.1, 0.15) is 0 Å². The summed E-state index contributed by atoms with van der Waals surface area (Å²) in [5.74, 6) is 0.486. The van der Waals surface area contributed by atoms with Gasteiger partial charge in [0.05, 0.1) is 5.39 Å². The van der Waals surface area contributed by atoms with Gasteiger partial charge < -0.3 is 9.40 Å². The predicted octanol–water partition coefficient (Wildman–Crippen LogP) is 2.15. The molecule has 2 aromatic heterocycles. The van der Waals surface area contributed by atoms with Gasteiger partial charge in [0.1, 0.15) is 5.76 Å². The topological polar surface area (TPSA) is 63.1 Å². The smallest absolute Gasteiger partial charge is 0.248 e. The Balaban J connectivity index is 2.32. The molecule has 1 N–H and O–H groups in total. The zero-order valence-electron chi connectivity index (χ0n) is 9.34. The van der Waals surface area contributed by atoms with Crippen molar-refractivity contribution in [1.29, 1.82) is 0 Å². The molecule has 0 unspecified atom stereocenters. The third-order valence-corrected chi connectivity index (χ3v) is 2.69. The Morgan fingerprint density at radius 1 is 1.00 bits per heavy atom. The number of hydrogen-bond acceptors (Lipinski definition) is 3. The standard InChI is InChI=1S/C14H9NO3/c16-11-7-12(9-4-2-1-3-5-9)18-13-8-15-14(17)6-10(11)13/h1-8H,(H,15,17). The SMILES string of the molecule is O=c1cc2c(=O)cc(-c3ccccc3)oc2c[nH]1. The molecule has 0 spiro atoms. The highest BCUT2D eigenvalue weighted by Gasteiger charge is 2.06.